The van der Waals surface area contributed by atoms with Gasteiger partial charge in [-0.1, -0.05) is 36.4 Å². The third-order valence-corrected chi connectivity index (χ3v) is 5.93. The first kappa shape index (κ1) is 22.9. The maximum absolute atomic E-state index is 14.0. The zero-order chi connectivity index (χ0) is 23.4. The number of benzene rings is 2. The lowest BCUT2D eigenvalue weighted by Crippen LogP contribution is -2.57. The fraction of sp³-hybridized carbons (Fsp3) is 0.346. The predicted octanol–water partition coefficient (Wildman–Crippen LogP) is 3.60. The molecule has 4 rings (SSSR count). The Balaban J connectivity index is 1.47. The summed E-state index contributed by atoms with van der Waals surface area (Å²) in [6.07, 6.45) is 2.51. The number of pyridine rings is 1. The van der Waals surface area contributed by atoms with Crippen LogP contribution in [-0.2, 0) is 16.0 Å². The van der Waals surface area contributed by atoms with Crippen molar-refractivity contribution in [3.63, 3.8) is 0 Å². The number of hydrogen-bond acceptors (Lipinski definition) is 4. The highest BCUT2D eigenvalue weighted by molar-refractivity contribution is 5.99. The second-order valence-corrected chi connectivity index (χ2v) is 8.95. The molecule has 2 aromatic carbocycles. The molecule has 1 saturated heterocycles. The normalized spacial score (nSPS) is 16.9. The minimum Gasteiger partial charge on any atom is -0.379 e. The Bertz CT molecular complexity index is 1160. The number of halogens is 1. The number of hydrogen-bond donors (Lipinski definition) is 1. The van der Waals surface area contributed by atoms with Gasteiger partial charge in [0.15, 0.2) is 0 Å². The SMILES string of the molecule is CC(C)(NC(=O)c1ccccc1F)C(=O)N1CCOC[C@H](Cc2cccc3cccnc23)C1. The van der Waals surface area contributed by atoms with Crippen LogP contribution in [0.1, 0.15) is 29.8 Å². The summed E-state index contributed by atoms with van der Waals surface area (Å²) in [7, 11) is 0. The molecule has 1 N–H and O–H groups in total. The molecule has 172 valence electrons. The van der Waals surface area contributed by atoms with Crippen molar-refractivity contribution in [1.29, 1.82) is 0 Å². The van der Waals surface area contributed by atoms with Crippen LogP contribution in [0.5, 0.6) is 0 Å². The third kappa shape index (κ3) is 5.20. The zero-order valence-electron chi connectivity index (χ0n) is 18.9. The Labute approximate surface area is 192 Å². The summed E-state index contributed by atoms with van der Waals surface area (Å²) in [5.74, 6) is -1.37. The molecular formula is C26H28FN3O3. The van der Waals surface area contributed by atoms with Crippen LogP contribution in [0.15, 0.2) is 60.8 Å². The Morgan fingerprint density at radius 2 is 1.94 bits per heavy atom. The molecule has 0 unspecified atom stereocenters. The van der Waals surface area contributed by atoms with E-state index < -0.39 is 17.3 Å². The highest BCUT2D eigenvalue weighted by Crippen LogP contribution is 2.22. The van der Waals surface area contributed by atoms with Gasteiger partial charge >= 0.3 is 0 Å². The largest absolute Gasteiger partial charge is 0.379 e. The number of carbonyl (C=O) groups is 2. The molecule has 1 fully saturated rings. The van der Waals surface area contributed by atoms with Crippen molar-refractivity contribution in [2.75, 3.05) is 26.3 Å². The van der Waals surface area contributed by atoms with Crippen LogP contribution in [0, 0.1) is 11.7 Å². The average Bonchev–Trinajstić information content (AvgIpc) is 3.04. The van der Waals surface area contributed by atoms with Crippen LogP contribution in [0.2, 0.25) is 0 Å². The van der Waals surface area contributed by atoms with Gasteiger partial charge in [-0.05, 0) is 44.0 Å². The molecule has 1 aliphatic heterocycles. The quantitative estimate of drug-likeness (QED) is 0.646. The van der Waals surface area contributed by atoms with Gasteiger partial charge in [-0.25, -0.2) is 4.39 Å². The minimum atomic E-state index is -1.20. The van der Waals surface area contributed by atoms with E-state index in [-0.39, 0.29) is 17.4 Å². The van der Waals surface area contributed by atoms with Gasteiger partial charge in [-0.2, -0.15) is 0 Å². The second kappa shape index (κ2) is 9.67. The van der Waals surface area contributed by atoms with Crippen LogP contribution >= 0.6 is 0 Å². The van der Waals surface area contributed by atoms with Crippen molar-refractivity contribution in [3.05, 3.63) is 77.7 Å². The maximum Gasteiger partial charge on any atom is 0.255 e. The van der Waals surface area contributed by atoms with Crippen molar-refractivity contribution < 1.29 is 18.7 Å². The third-order valence-electron chi connectivity index (χ3n) is 5.93. The van der Waals surface area contributed by atoms with E-state index in [1.165, 1.54) is 18.2 Å². The first-order valence-corrected chi connectivity index (χ1v) is 11.1. The lowest BCUT2D eigenvalue weighted by atomic mass is 9.96. The average molecular weight is 450 g/mol. The van der Waals surface area contributed by atoms with E-state index in [9.17, 15) is 14.0 Å². The first-order valence-electron chi connectivity index (χ1n) is 11.1. The number of rotatable bonds is 5. The van der Waals surface area contributed by atoms with Crippen molar-refractivity contribution >= 4 is 22.7 Å². The van der Waals surface area contributed by atoms with Crippen molar-refractivity contribution in [2.45, 2.75) is 25.8 Å². The van der Waals surface area contributed by atoms with Gasteiger partial charge in [0.2, 0.25) is 5.91 Å². The fourth-order valence-corrected chi connectivity index (χ4v) is 4.28. The number of fused-ring (bicyclic) bond motifs is 1. The molecule has 3 aromatic rings. The summed E-state index contributed by atoms with van der Waals surface area (Å²) >= 11 is 0. The van der Waals surface area contributed by atoms with Crippen molar-refractivity contribution in [3.8, 4) is 0 Å². The van der Waals surface area contributed by atoms with Gasteiger partial charge in [0, 0.05) is 30.6 Å². The summed E-state index contributed by atoms with van der Waals surface area (Å²) in [5.41, 5.74) is 0.788. The predicted molar refractivity (Wildman–Crippen MR) is 124 cm³/mol. The molecule has 7 heteroatoms. The molecule has 2 heterocycles. The van der Waals surface area contributed by atoms with Crippen LogP contribution in [-0.4, -0.2) is 53.5 Å². The van der Waals surface area contributed by atoms with E-state index in [0.717, 1.165) is 22.9 Å². The number of aromatic nitrogens is 1. The molecule has 1 atom stereocenters. The summed E-state index contributed by atoms with van der Waals surface area (Å²) in [6.45, 7) is 5.18. The molecule has 2 amide bonds. The van der Waals surface area contributed by atoms with Gasteiger partial charge < -0.3 is 15.0 Å². The highest BCUT2D eigenvalue weighted by Gasteiger charge is 2.36. The van der Waals surface area contributed by atoms with Crippen molar-refractivity contribution in [2.24, 2.45) is 5.92 Å². The van der Waals surface area contributed by atoms with E-state index in [4.69, 9.17) is 4.74 Å². The number of ether oxygens (including phenoxy) is 1. The Morgan fingerprint density at radius 1 is 1.15 bits per heavy atom. The van der Waals surface area contributed by atoms with E-state index >= 15 is 0 Å². The fourth-order valence-electron chi connectivity index (χ4n) is 4.28. The lowest BCUT2D eigenvalue weighted by molar-refractivity contribution is -0.137. The van der Waals surface area contributed by atoms with Crippen LogP contribution in [0.25, 0.3) is 10.9 Å². The monoisotopic (exact) mass is 449 g/mol. The summed E-state index contributed by atoms with van der Waals surface area (Å²) in [4.78, 5) is 32.3. The Morgan fingerprint density at radius 3 is 2.76 bits per heavy atom. The lowest BCUT2D eigenvalue weighted by Gasteiger charge is -2.33. The topological polar surface area (TPSA) is 71.5 Å². The van der Waals surface area contributed by atoms with Crippen molar-refractivity contribution in [1.82, 2.24) is 15.2 Å². The van der Waals surface area contributed by atoms with Gasteiger partial charge in [-0.15, -0.1) is 0 Å². The van der Waals surface area contributed by atoms with E-state index in [0.29, 0.717) is 26.3 Å². The smallest absolute Gasteiger partial charge is 0.255 e. The number of nitrogens with one attached hydrogen (secondary N) is 1. The standard InChI is InChI=1S/C26H28FN3O3/c1-26(2,29-24(31)21-10-3-4-11-22(21)27)25(32)30-13-14-33-17-18(16-30)15-20-8-5-7-19-9-6-12-28-23(19)20/h3-12,18H,13-17H2,1-2H3,(H,29,31)/t18-/m1/s1. The summed E-state index contributed by atoms with van der Waals surface area (Å²) < 4.78 is 19.8. The molecule has 33 heavy (non-hydrogen) atoms. The zero-order valence-corrected chi connectivity index (χ0v) is 18.9. The number of para-hydroxylation sites is 1. The molecule has 0 bridgehead atoms. The molecule has 0 spiro atoms. The molecular weight excluding hydrogens is 421 g/mol. The molecule has 0 radical (unpaired) electrons. The number of nitrogens with zero attached hydrogens (tertiary/aromatic N) is 2. The minimum absolute atomic E-state index is 0.0843. The number of amides is 2. The molecule has 1 aliphatic rings. The second-order valence-electron chi connectivity index (χ2n) is 8.95. The van der Waals surface area contributed by atoms with Crippen LogP contribution in [0.4, 0.5) is 4.39 Å². The molecule has 0 aliphatic carbocycles. The van der Waals surface area contributed by atoms with E-state index in [2.05, 4.69) is 16.4 Å². The molecule has 6 nitrogen and oxygen atoms in total. The molecule has 1 aromatic heterocycles. The summed E-state index contributed by atoms with van der Waals surface area (Å²) in [6, 6.07) is 15.8. The number of carbonyl (C=O) groups excluding carboxylic acids is 2. The highest BCUT2D eigenvalue weighted by atomic mass is 19.1. The van der Waals surface area contributed by atoms with Gasteiger partial charge in [0.05, 0.1) is 24.3 Å². The van der Waals surface area contributed by atoms with E-state index in [1.54, 1.807) is 31.0 Å². The van der Waals surface area contributed by atoms with E-state index in [1.807, 2.05) is 24.3 Å². The summed E-state index contributed by atoms with van der Waals surface area (Å²) in [5, 5.41) is 3.78. The van der Waals surface area contributed by atoms with Crippen LogP contribution < -0.4 is 5.32 Å². The van der Waals surface area contributed by atoms with Gasteiger partial charge in [-0.3, -0.25) is 14.6 Å². The molecule has 0 saturated carbocycles. The Hall–Kier alpha value is -3.32. The van der Waals surface area contributed by atoms with Gasteiger partial charge in [0.25, 0.3) is 5.91 Å². The van der Waals surface area contributed by atoms with Crippen LogP contribution in [0.3, 0.4) is 0 Å². The van der Waals surface area contributed by atoms with Gasteiger partial charge in [0.1, 0.15) is 11.4 Å². The Kier molecular flexibility index (Phi) is 6.70. The first-order chi connectivity index (χ1) is 15.8. The maximum atomic E-state index is 14.0.